The minimum Gasteiger partial charge on any atom is -0.503 e. The highest BCUT2D eigenvalue weighted by atomic mass is 16.5. The quantitative estimate of drug-likeness (QED) is 0.527. The number of furan rings is 1. The van der Waals surface area contributed by atoms with E-state index >= 15 is 0 Å². The maximum atomic E-state index is 14.3. The van der Waals surface area contributed by atoms with Gasteiger partial charge in [0.1, 0.15) is 5.58 Å². The fourth-order valence-corrected chi connectivity index (χ4v) is 5.78. The number of para-hydroxylation sites is 2. The summed E-state index contributed by atoms with van der Waals surface area (Å²) in [6.45, 7) is 3.02. The number of carbonyl (C=O) groups excluding carboxylic acids is 3. The van der Waals surface area contributed by atoms with Crippen LogP contribution in [0.1, 0.15) is 42.3 Å². The number of aliphatic hydroxyl groups is 1. The third kappa shape index (κ3) is 3.00. The topological polar surface area (TPSA) is 100 Å². The van der Waals surface area contributed by atoms with Gasteiger partial charge in [0.05, 0.1) is 17.4 Å². The molecule has 3 aliphatic heterocycles. The third-order valence-corrected chi connectivity index (χ3v) is 7.32. The van der Waals surface area contributed by atoms with Gasteiger partial charge in [-0.25, -0.2) is 0 Å². The van der Waals surface area contributed by atoms with Crippen LogP contribution in [0.25, 0.3) is 11.0 Å². The van der Waals surface area contributed by atoms with E-state index in [1.54, 1.807) is 35.2 Å². The summed E-state index contributed by atoms with van der Waals surface area (Å²) in [6.07, 6.45) is 1.95. The number of amides is 2. The maximum absolute atomic E-state index is 14.3. The van der Waals surface area contributed by atoms with Crippen LogP contribution in [0.4, 0.5) is 5.69 Å². The highest BCUT2D eigenvalue weighted by Gasteiger charge is 2.66. The second kappa shape index (κ2) is 8.34. The number of nitrogens with zero attached hydrogens (tertiary/aromatic N) is 2. The highest BCUT2D eigenvalue weighted by Crippen LogP contribution is 2.53. The molecule has 3 aliphatic rings. The van der Waals surface area contributed by atoms with Crippen LogP contribution < -0.4 is 4.90 Å². The van der Waals surface area contributed by atoms with E-state index in [1.165, 1.54) is 4.90 Å². The minimum atomic E-state index is -1.80. The molecule has 184 valence electrons. The monoisotopic (exact) mass is 486 g/mol. The number of rotatable bonds is 6. The molecule has 1 spiro atoms. The van der Waals surface area contributed by atoms with Gasteiger partial charge in [-0.2, -0.15) is 0 Å². The molecule has 1 N–H and O–H groups in total. The largest absolute Gasteiger partial charge is 0.503 e. The number of ether oxygens (including phenoxy) is 1. The molecule has 8 nitrogen and oxygen atoms in total. The number of hydrogen-bond acceptors (Lipinski definition) is 6. The number of ketones is 1. The van der Waals surface area contributed by atoms with Gasteiger partial charge in [0.2, 0.25) is 5.78 Å². The average molecular weight is 487 g/mol. The molecule has 6 rings (SSSR count). The summed E-state index contributed by atoms with van der Waals surface area (Å²) in [5.74, 6) is -2.64. The standard InChI is InChI=1S/C28H26N2O6/c1-2-13-29-20-11-5-4-10-19(20)28(27(29)34)23(24(31)22-15-17-8-3-6-12-21(17)36-22)25(32)26(33)30(28)16-18-9-7-14-35-18/h3-6,8,10-12,15,18,32H,2,7,9,13-14,16H2,1H3/t18-,28+/m1/s1. The molecule has 3 aromatic rings. The fraction of sp³-hybridized carbons (Fsp3) is 0.321. The smallest absolute Gasteiger partial charge is 0.290 e. The molecule has 2 atom stereocenters. The molecule has 1 saturated heterocycles. The number of Topliss-reactive ketones (excluding diaryl/α,β-unsaturated/α-hetero) is 1. The molecule has 0 radical (unpaired) electrons. The Morgan fingerprint density at radius 2 is 1.92 bits per heavy atom. The first kappa shape index (κ1) is 22.5. The van der Waals surface area contributed by atoms with Crippen molar-refractivity contribution < 1.29 is 28.6 Å². The first-order valence-corrected chi connectivity index (χ1v) is 12.3. The van der Waals surface area contributed by atoms with Crippen molar-refractivity contribution in [3.63, 3.8) is 0 Å². The number of anilines is 1. The van der Waals surface area contributed by atoms with Gasteiger partial charge in [-0.05, 0) is 37.5 Å². The number of hydrogen-bond donors (Lipinski definition) is 1. The van der Waals surface area contributed by atoms with Crippen molar-refractivity contribution in [2.75, 3.05) is 24.6 Å². The Labute approximate surface area is 207 Å². The zero-order valence-corrected chi connectivity index (χ0v) is 19.9. The Balaban J connectivity index is 1.57. The van der Waals surface area contributed by atoms with E-state index in [2.05, 4.69) is 0 Å². The molecule has 0 aliphatic carbocycles. The van der Waals surface area contributed by atoms with Gasteiger partial charge < -0.3 is 24.1 Å². The van der Waals surface area contributed by atoms with Gasteiger partial charge in [0, 0.05) is 30.6 Å². The Kier molecular flexibility index (Phi) is 5.22. The highest BCUT2D eigenvalue weighted by molar-refractivity contribution is 6.26. The van der Waals surface area contributed by atoms with E-state index in [9.17, 15) is 19.5 Å². The molecule has 36 heavy (non-hydrogen) atoms. The predicted molar refractivity (Wildman–Crippen MR) is 132 cm³/mol. The SMILES string of the molecule is CCCN1C(=O)[C@@]2(C(C(=O)c3cc4ccccc4o3)=C(O)C(=O)N2C[C@H]2CCCO2)c2ccccc21. The van der Waals surface area contributed by atoms with Crippen molar-refractivity contribution in [2.24, 2.45) is 0 Å². The van der Waals surface area contributed by atoms with Gasteiger partial charge in [-0.15, -0.1) is 0 Å². The summed E-state index contributed by atoms with van der Waals surface area (Å²) in [6, 6.07) is 15.9. The summed E-state index contributed by atoms with van der Waals surface area (Å²) in [7, 11) is 0. The summed E-state index contributed by atoms with van der Waals surface area (Å²) in [4.78, 5) is 44.9. The van der Waals surface area contributed by atoms with E-state index in [-0.39, 0.29) is 24.0 Å². The van der Waals surface area contributed by atoms with E-state index in [1.807, 2.05) is 31.2 Å². The lowest BCUT2D eigenvalue weighted by Crippen LogP contribution is -2.55. The van der Waals surface area contributed by atoms with Gasteiger partial charge in [0.15, 0.2) is 17.1 Å². The Bertz CT molecular complexity index is 1400. The van der Waals surface area contributed by atoms with Crippen LogP contribution in [0.15, 0.2) is 70.3 Å². The lowest BCUT2D eigenvalue weighted by atomic mass is 9.81. The number of fused-ring (bicyclic) bond motifs is 3. The number of aliphatic hydroxyl groups excluding tert-OH is 1. The molecular weight excluding hydrogens is 460 g/mol. The van der Waals surface area contributed by atoms with E-state index in [0.29, 0.717) is 41.8 Å². The molecule has 0 unspecified atom stereocenters. The summed E-state index contributed by atoms with van der Waals surface area (Å²) >= 11 is 0. The molecule has 2 amide bonds. The normalized spacial score (nSPS) is 23.5. The zero-order valence-electron chi connectivity index (χ0n) is 19.9. The molecule has 8 heteroatoms. The van der Waals surface area contributed by atoms with Crippen molar-refractivity contribution in [2.45, 2.75) is 37.8 Å². The first-order valence-electron chi connectivity index (χ1n) is 12.3. The molecule has 2 aromatic carbocycles. The maximum Gasteiger partial charge on any atom is 0.290 e. The van der Waals surface area contributed by atoms with Crippen LogP contribution in [0.5, 0.6) is 0 Å². The number of benzene rings is 2. The van der Waals surface area contributed by atoms with Gasteiger partial charge in [0.25, 0.3) is 11.8 Å². The summed E-state index contributed by atoms with van der Waals surface area (Å²) in [5.41, 5.74) is -0.436. The van der Waals surface area contributed by atoms with Crippen molar-refractivity contribution >= 4 is 34.3 Å². The van der Waals surface area contributed by atoms with Gasteiger partial charge in [-0.1, -0.05) is 43.3 Å². The van der Waals surface area contributed by atoms with Crippen molar-refractivity contribution in [3.8, 4) is 0 Å². The second-order valence-corrected chi connectivity index (χ2v) is 9.44. The van der Waals surface area contributed by atoms with Crippen LogP contribution in [0.3, 0.4) is 0 Å². The number of carbonyl (C=O) groups is 3. The van der Waals surface area contributed by atoms with Crippen LogP contribution in [-0.2, 0) is 19.9 Å². The molecular formula is C28H26N2O6. The molecule has 0 bridgehead atoms. The molecule has 1 aromatic heterocycles. The lowest BCUT2D eigenvalue weighted by molar-refractivity contribution is -0.141. The van der Waals surface area contributed by atoms with Crippen molar-refractivity contribution in [1.29, 1.82) is 0 Å². The zero-order chi connectivity index (χ0) is 25.0. The van der Waals surface area contributed by atoms with E-state index in [0.717, 1.165) is 12.8 Å². The minimum absolute atomic E-state index is 0.0388. The Hall–Kier alpha value is -3.91. The molecule has 0 saturated carbocycles. The van der Waals surface area contributed by atoms with E-state index < -0.39 is 28.9 Å². The summed E-state index contributed by atoms with van der Waals surface area (Å²) < 4.78 is 11.6. The molecule has 4 heterocycles. The van der Waals surface area contributed by atoms with Crippen LogP contribution >= 0.6 is 0 Å². The first-order chi connectivity index (χ1) is 17.5. The second-order valence-electron chi connectivity index (χ2n) is 9.44. The van der Waals surface area contributed by atoms with E-state index in [4.69, 9.17) is 9.15 Å². The van der Waals surface area contributed by atoms with Crippen molar-refractivity contribution in [3.05, 3.63) is 77.3 Å². The van der Waals surface area contributed by atoms with Crippen LogP contribution in [-0.4, -0.2) is 53.4 Å². The summed E-state index contributed by atoms with van der Waals surface area (Å²) in [5, 5.41) is 11.9. The fourth-order valence-electron chi connectivity index (χ4n) is 5.78. The van der Waals surface area contributed by atoms with Crippen LogP contribution in [0, 0.1) is 0 Å². The average Bonchev–Trinajstić information content (AvgIpc) is 3.65. The van der Waals surface area contributed by atoms with Crippen LogP contribution in [0.2, 0.25) is 0 Å². The van der Waals surface area contributed by atoms with Gasteiger partial charge >= 0.3 is 0 Å². The predicted octanol–water partition coefficient (Wildman–Crippen LogP) is 4.10. The lowest BCUT2D eigenvalue weighted by Gasteiger charge is -2.36. The Morgan fingerprint density at radius 3 is 2.67 bits per heavy atom. The third-order valence-electron chi connectivity index (χ3n) is 7.32. The molecule has 1 fully saturated rings. The van der Waals surface area contributed by atoms with Gasteiger partial charge in [-0.3, -0.25) is 14.4 Å². The Morgan fingerprint density at radius 1 is 1.14 bits per heavy atom. The van der Waals surface area contributed by atoms with Crippen molar-refractivity contribution in [1.82, 2.24) is 4.90 Å².